The number of allylic oxidation sites excluding steroid dienone is 1. The molecule has 0 spiro atoms. The maximum absolute atomic E-state index is 12.5. The molecule has 2 heterocycles. The molecule has 25 heavy (non-hydrogen) atoms. The van der Waals surface area contributed by atoms with Crippen LogP contribution in [0.4, 0.5) is 0 Å². The van der Waals surface area contributed by atoms with Crippen LogP contribution < -0.4 is 0 Å². The van der Waals surface area contributed by atoms with E-state index in [1.165, 1.54) is 6.08 Å². The van der Waals surface area contributed by atoms with Crippen LogP contribution in [0.5, 0.6) is 0 Å². The lowest BCUT2D eigenvalue weighted by molar-refractivity contribution is -0.115. The summed E-state index contributed by atoms with van der Waals surface area (Å²) in [7, 11) is 0. The Kier molecular flexibility index (Phi) is 5.01. The molecule has 1 aromatic heterocycles. The summed E-state index contributed by atoms with van der Waals surface area (Å²) in [4.78, 5) is 12.5. The third-order valence-corrected chi connectivity index (χ3v) is 4.32. The number of nitriles is 2. The normalized spacial score (nSPS) is 15.0. The Hall–Kier alpha value is -3.25. The highest BCUT2D eigenvalue weighted by Crippen LogP contribution is 2.21. The number of fused-ring (bicyclic) bond motifs is 1. The zero-order valence-electron chi connectivity index (χ0n) is 13.7. The molecule has 0 amide bonds. The topological polar surface area (TPSA) is 95.4 Å². The van der Waals surface area contributed by atoms with Crippen molar-refractivity contribution in [2.24, 2.45) is 0 Å². The predicted octanol–water partition coefficient (Wildman–Crippen LogP) is 2.77. The van der Waals surface area contributed by atoms with Crippen molar-refractivity contribution in [2.75, 3.05) is 0 Å². The van der Waals surface area contributed by atoms with E-state index < -0.39 is 5.92 Å². The first-order chi connectivity index (χ1) is 12.2. The lowest BCUT2D eigenvalue weighted by atomic mass is 10.0. The molecule has 1 aliphatic heterocycles. The fraction of sp³-hybridized carbons (Fsp3) is 0.316. The van der Waals surface area contributed by atoms with Crippen molar-refractivity contribution < 1.29 is 4.79 Å². The molecule has 1 aliphatic rings. The molecule has 6 nitrogen and oxygen atoms in total. The Morgan fingerprint density at radius 3 is 2.84 bits per heavy atom. The lowest BCUT2D eigenvalue weighted by Gasteiger charge is -2.09. The monoisotopic (exact) mass is 331 g/mol. The average Bonchev–Trinajstić information content (AvgIpc) is 2.88. The van der Waals surface area contributed by atoms with Crippen LogP contribution in [0.3, 0.4) is 0 Å². The summed E-state index contributed by atoms with van der Waals surface area (Å²) < 4.78 is 1.91. The molecule has 0 N–H and O–H groups in total. The van der Waals surface area contributed by atoms with E-state index in [9.17, 15) is 10.1 Å². The molecule has 1 atom stereocenters. The van der Waals surface area contributed by atoms with Crippen LogP contribution in [0, 0.1) is 22.7 Å². The fourth-order valence-electron chi connectivity index (χ4n) is 2.98. The average molecular weight is 331 g/mol. The van der Waals surface area contributed by atoms with Gasteiger partial charge in [0.2, 0.25) is 0 Å². The molecule has 0 fully saturated rings. The predicted molar refractivity (Wildman–Crippen MR) is 91.1 cm³/mol. The van der Waals surface area contributed by atoms with Crippen molar-refractivity contribution in [2.45, 2.75) is 38.1 Å². The molecule has 1 aromatic carbocycles. The number of benzene rings is 1. The highest BCUT2D eigenvalue weighted by atomic mass is 16.1. The van der Waals surface area contributed by atoms with Crippen molar-refractivity contribution in [1.29, 1.82) is 10.5 Å². The lowest BCUT2D eigenvalue weighted by Crippen LogP contribution is -2.15. The van der Waals surface area contributed by atoms with Crippen LogP contribution >= 0.6 is 0 Å². The SMILES string of the molecule is N#Cc1ccccc1/C=C\C(=O)[C@H](C#N)c1nnc2n1CCCCC2. The third kappa shape index (κ3) is 3.49. The molecule has 0 unspecified atom stereocenters. The summed E-state index contributed by atoms with van der Waals surface area (Å²) in [5, 5.41) is 26.9. The molecular weight excluding hydrogens is 314 g/mol. The van der Waals surface area contributed by atoms with Gasteiger partial charge in [-0.1, -0.05) is 30.7 Å². The van der Waals surface area contributed by atoms with E-state index in [2.05, 4.69) is 22.3 Å². The zero-order chi connectivity index (χ0) is 17.6. The minimum atomic E-state index is -0.982. The van der Waals surface area contributed by atoms with Gasteiger partial charge in [0.05, 0.1) is 17.7 Å². The van der Waals surface area contributed by atoms with E-state index in [1.54, 1.807) is 30.3 Å². The number of rotatable bonds is 4. The molecule has 124 valence electrons. The number of aryl methyl sites for hydroxylation is 1. The zero-order valence-corrected chi connectivity index (χ0v) is 13.7. The maximum atomic E-state index is 12.5. The van der Waals surface area contributed by atoms with Crippen LogP contribution in [0.25, 0.3) is 6.08 Å². The Bertz CT molecular complexity index is 897. The molecule has 0 saturated carbocycles. The second kappa shape index (κ2) is 7.55. The molecule has 2 aromatic rings. The minimum Gasteiger partial charge on any atom is -0.313 e. The van der Waals surface area contributed by atoms with E-state index >= 15 is 0 Å². The van der Waals surface area contributed by atoms with Gasteiger partial charge in [0.15, 0.2) is 17.5 Å². The first-order valence-electron chi connectivity index (χ1n) is 8.27. The van der Waals surface area contributed by atoms with Crippen LogP contribution in [0.2, 0.25) is 0 Å². The van der Waals surface area contributed by atoms with Gasteiger partial charge in [0.25, 0.3) is 0 Å². The van der Waals surface area contributed by atoms with Crippen LogP contribution in [0.15, 0.2) is 30.3 Å². The maximum Gasteiger partial charge on any atom is 0.180 e. The van der Waals surface area contributed by atoms with Crippen molar-refractivity contribution in [3.63, 3.8) is 0 Å². The van der Waals surface area contributed by atoms with Crippen molar-refractivity contribution in [3.8, 4) is 12.1 Å². The summed E-state index contributed by atoms with van der Waals surface area (Å²) in [5.41, 5.74) is 1.13. The van der Waals surface area contributed by atoms with Gasteiger partial charge in [-0.05, 0) is 30.5 Å². The Labute approximate surface area is 146 Å². The fourth-order valence-corrected chi connectivity index (χ4v) is 2.98. The number of nitrogens with zero attached hydrogens (tertiary/aromatic N) is 5. The number of ketones is 1. The Balaban J connectivity index is 1.86. The molecule has 0 bridgehead atoms. The van der Waals surface area contributed by atoms with Crippen LogP contribution in [-0.4, -0.2) is 20.5 Å². The van der Waals surface area contributed by atoms with E-state index in [0.717, 1.165) is 38.1 Å². The summed E-state index contributed by atoms with van der Waals surface area (Å²) in [6.07, 6.45) is 6.90. The highest BCUT2D eigenvalue weighted by molar-refractivity contribution is 6.00. The van der Waals surface area contributed by atoms with Crippen LogP contribution in [-0.2, 0) is 17.8 Å². The summed E-state index contributed by atoms with van der Waals surface area (Å²) >= 11 is 0. The second-order valence-corrected chi connectivity index (χ2v) is 5.93. The first kappa shape index (κ1) is 16.6. The molecule has 0 aliphatic carbocycles. The first-order valence-corrected chi connectivity index (χ1v) is 8.27. The Morgan fingerprint density at radius 1 is 1.20 bits per heavy atom. The van der Waals surface area contributed by atoms with Crippen LogP contribution in [0.1, 0.15) is 48.0 Å². The summed E-state index contributed by atoms with van der Waals surface area (Å²) in [6, 6.07) is 11.1. The molecular formula is C19H17N5O. The van der Waals surface area contributed by atoms with Gasteiger partial charge in [0, 0.05) is 13.0 Å². The second-order valence-electron chi connectivity index (χ2n) is 5.93. The van der Waals surface area contributed by atoms with Gasteiger partial charge in [-0.2, -0.15) is 10.5 Å². The van der Waals surface area contributed by atoms with Crippen molar-refractivity contribution in [3.05, 3.63) is 53.1 Å². The van der Waals surface area contributed by atoms with Gasteiger partial charge in [-0.25, -0.2) is 0 Å². The number of hydrogen-bond acceptors (Lipinski definition) is 5. The van der Waals surface area contributed by atoms with E-state index in [4.69, 9.17) is 5.26 Å². The summed E-state index contributed by atoms with van der Waals surface area (Å²) in [5.74, 6) is -0.0680. The smallest absolute Gasteiger partial charge is 0.180 e. The summed E-state index contributed by atoms with van der Waals surface area (Å²) in [6.45, 7) is 0.740. The van der Waals surface area contributed by atoms with Gasteiger partial charge in [-0.3, -0.25) is 4.79 Å². The molecule has 0 radical (unpaired) electrons. The highest BCUT2D eigenvalue weighted by Gasteiger charge is 2.26. The molecule has 3 rings (SSSR count). The minimum absolute atomic E-state index is 0.352. The van der Waals surface area contributed by atoms with Gasteiger partial charge < -0.3 is 4.57 Å². The molecule has 0 saturated heterocycles. The van der Waals surface area contributed by atoms with Crippen molar-refractivity contribution >= 4 is 11.9 Å². The quantitative estimate of drug-likeness (QED) is 0.803. The Morgan fingerprint density at radius 2 is 2.04 bits per heavy atom. The number of carbonyl (C=O) groups is 1. The third-order valence-electron chi connectivity index (χ3n) is 4.32. The number of aromatic nitrogens is 3. The van der Waals surface area contributed by atoms with E-state index in [0.29, 0.717) is 17.0 Å². The van der Waals surface area contributed by atoms with E-state index in [1.807, 2.05) is 4.57 Å². The van der Waals surface area contributed by atoms with Crippen molar-refractivity contribution in [1.82, 2.24) is 14.8 Å². The van der Waals surface area contributed by atoms with Gasteiger partial charge >= 0.3 is 0 Å². The van der Waals surface area contributed by atoms with Gasteiger partial charge in [0.1, 0.15) is 5.82 Å². The standard InChI is InChI=1S/C19H17N5O/c20-12-15-7-4-3-6-14(15)9-10-17(25)16(13-21)19-23-22-18-8-2-1-5-11-24(18)19/h3-4,6-7,9-10,16H,1-2,5,8,11H2/b10-9-/t16-/m0/s1. The largest absolute Gasteiger partial charge is 0.313 e. The van der Waals surface area contributed by atoms with E-state index in [-0.39, 0.29) is 5.78 Å². The number of carbonyl (C=O) groups excluding carboxylic acids is 1. The number of hydrogen-bond donors (Lipinski definition) is 0. The van der Waals surface area contributed by atoms with Gasteiger partial charge in [-0.15, -0.1) is 10.2 Å². The molecule has 6 heteroatoms.